The van der Waals surface area contributed by atoms with Gasteiger partial charge < -0.3 is 9.47 Å². The summed E-state index contributed by atoms with van der Waals surface area (Å²) in [7, 11) is 1.56. The van der Waals surface area contributed by atoms with Gasteiger partial charge in [-0.05, 0) is 30.2 Å². The van der Waals surface area contributed by atoms with Gasteiger partial charge in [-0.1, -0.05) is 19.9 Å². The van der Waals surface area contributed by atoms with Gasteiger partial charge in [0, 0.05) is 41.3 Å². The van der Waals surface area contributed by atoms with Crippen molar-refractivity contribution in [2.24, 2.45) is 16.3 Å². The maximum absolute atomic E-state index is 13.0. The van der Waals surface area contributed by atoms with Gasteiger partial charge in [-0.3, -0.25) is 14.6 Å². The Morgan fingerprint density at radius 2 is 2.12 bits per heavy atom. The molecule has 1 unspecified atom stereocenters. The first-order chi connectivity index (χ1) is 12.3. The third-order valence-corrected chi connectivity index (χ3v) is 5.89. The van der Waals surface area contributed by atoms with Crippen LogP contribution in [0, 0.1) is 11.3 Å². The molecule has 0 bridgehead atoms. The number of hydrogen-bond donors (Lipinski definition) is 0. The number of carbonyl (C=O) groups is 2. The third-order valence-electron chi connectivity index (χ3n) is 4.94. The number of hydrogen-bond acceptors (Lipinski definition) is 6. The average molecular weight is 375 g/mol. The molecule has 1 aliphatic carbocycles. The van der Waals surface area contributed by atoms with Crippen molar-refractivity contribution in [1.82, 2.24) is 0 Å². The van der Waals surface area contributed by atoms with Crippen molar-refractivity contribution in [1.29, 1.82) is 0 Å². The summed E-state index contributed by atoms with van der Waals surface area (Å²) in [5.74, 6) is -1.11. The summed E-state index contributed by atoms with van der Waals surface area (Å²) in [5.41, 5.74) is 2.15. The van der Waals surface area contributed by atoms with Crippen LogP contribution in [0.2, 0.25) is 0 Å². The fourth-order valence-corrected chi connectivity index (χ4v) is 4.71. The summed E-state index contributed by atoms with van der Waals surface area (Å²) in [4.78, 5) is 31.5. The molecule has 1 aliphatic heterocycles. The van der Waals surface area contributed by atoms with E-state index < -0.39 is 5.92 Å². The lowest BCUT2D eigenvalue weighted by Gasteiger charge is -2.38. The normalized spacial score (nSPS) is 24.9. The Morgan fingerprint density at radius 3 is 2.77 bits per heavy atom. The Bertz CT molecular complexity index is 761. The first kappa shape index (κ1) is 19.0. The Morgan fingerprint density at radius 1 is 1.35 bits per heavy atom. The van der Waals surface area contributed by atoms with Crippen molar-refractivity contribution in [3.05, 3.63) is 33.7 Å². The van der Waals surface area contributed by atoms with Crippen LogP contribution in [-0.2, 0) is 19.1 Å². The number of ketones is 1. The Balaban J connectivity index is 2.02. The van der Waals surface area contributed by atoms with Crippen molar-refractivity contribution < 1.29 is 19.1 Å². The third kappa shape index (κ3) is 3.67. The number of methoxy groups -OCH3 is 1. The largest absolute Gasteiger partial charge is 0.463 e. The van der Waals surface area contributed by atoms with Gasteiger partial charge in [-0.25, -0.2) is 0 Å². The summed E-state index contributed by atoms with van der Waals surface area (Å²) in [6, 6.07) is 3.94. The second kappa shape index (κ2) is 7.45. The van der Waals surface area contributed by atoms with Gasteiger partial charge in [0.05, 0.1) is 6.61 Å². The molecule has 140 valence electrons. The topological polar surface area (TPSA) is 65.0 Å². The van der Waals surface area contributed by atoms with Crippen molar-refractivity contribution in [2.75, 3.05) is 20.3 Å². The van der Waals surface area contributed by atoms with Gasteiger partial charge in [-0.15, -0.1) is 11.3 Å². The quantitative estimate of drug-likeness (QED) is 0.581. The predicted molar refractivity (Wildman–Crippen MR) is 102 cm³/mol. The van der Waals surface area contributed by atoms with Crippen LogP contribution in [0.5, 0.6) is 0 Å². The number of allylic oxidation sites excluding steroid dienone is 2. The molecule has 2 atom stereocenters. The van der Waals surface area contributed by atoms with Gasteiger partial charge in [0.15, 0.2) is 5.78 Å². The van der Waals surface area contributed by atoms with Gasteiger partial charge in [0.25, 0.3) is 0 Å². The van der Waals surface area contributed by atoms with E-state index in [9.17, 15) is 9.59 Å². The van der Waals surface area contributed by atoms with E-state index in [2.05, 4.69) is 18.8 Å². The fraction of sp³-hybridized carbons (Fsp3) is 0.550. The molecule has 1 aromatic rings. The molecule has 2 heterocycles. The molecular formula is C20H25NO4S. The molecule has 26 heavy (non-hydrogen) atoms. The standard InChI is InChI=1S/C20H25NO4S/c1-12-16(19(23)25-8-7-24-4)18(15-6-5-9-26-15)17-13(21-12)10-20(2,3)11-14(17)22/h5-6,9,16,18H,7-8,10-11H2,1-4H3/t16?,18-/m1/s1. The van der Waals surface area contributed by atoms with E-state index in [4.69, 9.17) is 9.47 Å². The van der Waals surface area contributed by atoms with Crippen LogP contribution in [0.15, 0.2) is 33.8 Å². The van der Waals surface area contributed by atoms with Crippen LogP contribution in [0.25, 0.3) is 0 Å². The molecule has 0 N–H and O–H groups in total. The zero-order valence-corrected chi connectivity index (χ0v) is 16.5. The number of esters is 1. The molecule has 0 amide bonds. The molecule has 6 heteroatoms. The van der Waals surface area contributed by atoms with E-state index in [1.54, 1.807) is 18.4 Å². The lowest BCUT2D eigenvalue weighted by Crippen LogP contribution is -2.39. The minimum Gasteiger partial charge on any atom is -0.463 e. The molecule has 0 aromatic carbocycles. The second-order valence-electron chi connectivity index (χ2n) is 7.69. The van der Waals surface area contributed by atoms with E-state index in [1.165, 1.54) is 0 Å². The number of rotatable bonds is 5. The van der Waals surface area contributed by atoms with E-state index in [0.717, 1.165) is 22.7 Å². The number of thiophene rings is 1. The fourth-order valence-electron chi connectivity index (χ4n) is 3.84. The summed E-state index contributed by atoms with van der Waals surface area (Å²) in [5, 5.41) is 1.97. The van der Waals surface area contributed by atoms with Gasteiger partial charge in [0.1, 0.15) is 12.5 Å². The minimum absolute atomic E-state index is 0.0978. The van der Waals surface area contributed by atoms with Gasteiger partial charge >= 0.3 is 5.97 Å². The van der Waals surface area contributed by atoms with Gasteiger partial charge in [-0.2, -0.15) is 0 Å². The highest BCUT2D eigenvalue weighted by Crippen LogP contribution is 2.48. The monoisotopic (exact) mass is 375 g/mol. The SMILES string of the molecule is COCCOC(=O)C1C(C)=NC2=C(C(=O)CC(C)(C)C2)[C@@H]1c1cccs1. The number of ether oxygens (including phenoxy) is 2. The minimum atomic E-state index is -0.561. The molecule has 0 saturated heterocycles. The second-order valence-corrected chi connectivity index (χ2v) is 8.66. The van der Waals surface area contributed by atoms with Crippen LogP contribution in [0.4, 0.5) is 0 Å². The molecule has 5 nitrogen and oxygen atoms in total. The number of carbonyl (C=O) groups excluding carboxylic acids is 2. The molecule has 0 fully saturated rings. The van der Waals surface area contributed by atoms with Crippen LogP contribution in [0.3, 0.4) is 0 Å². The van der Waals surface area contributed by atoms with E-state index in [0.29, 0.717) is 18.6 Å². The smallest absolute Gasteiger partial charge is 0.315 e. The van der Waals surface area contributed by atoms with Crippen LogP contribution < -0.4 is 0 Å². The summed E-state index contributed by atoms with van der Waals surface area (Å²) < 4.78 is 10.4. The number of nitrogens with zero attached hydrogens (tertiary/aromatic N) is 1. The zero-order valence-electron chi connectivity index (χ0n) is 15.7. The maximum Gasteiger partial charge on any atom is 0.315 e. The molecular weight excluding hydrogens is 350 g/mol. The molecule has 1 aromatic heterocycles. The van der Waals surface area contributed by atoms with Crippen molar-refractivity contribution >= 4 is 28.8 Å². The van der Waals surface area contributed by atoms with Crippen molar-refractivity contribution in [2.45, 2.75) is 39.5 Å². The average Bonchev–Trinajstić information content (AvgIpc) is 3.06. The van der Waals surface area contributed by atoms with Crippen molar-refractivity contribution in [3.8, 4) is 0 Å². The van der Waals surface area contributed by atoms with E-state index >= 15 is 0 Å². The van der Waals surface area contributed by atoms with Crippen LogP contribution in [0.1, 0.15) is 44.4 Å². The predicted octanol–water partition coefficient (Wildman–Crippen LogP) is 3.76. The molecule has 0 radical (unpaired) electrons. The van der Waals surface area contributed by atoms with Crippen LogP contribution >= 0.6 is 11.3 Å². The summed E-state index contributed by atoms with van der Waals surface area (Å²) in [6.45, 7) is 6.58. The molecule has 3 rings (SSSR count). The lowest BCUT2D eigenvalue weighted by molar-refractivity contribution is -0.147. The Labute approximate surface area is 158 Å². The summed E-state index contributed by atoms with van der Waals surface area (Å²) >= 11 is 1.56. The zero-order chi connectivity index (χ0) is 18.9. The molecule has 2 aliphatic rings. The Kier molecular flexibility index (Phi) is 5.44. The first-order valence-corrected chi connectivity index (χ1v) is 9.72. The van der Waals surface area contributed by atoms with Crippen molar-refractivity contribution in [3.63, 3.8) is 0 Å². The number of aliphatic imine (C=N–C) groups is 1. The highest BCUT2D eigenvalue weighted by molar-refractivity contribution is 7.10. The maximum atomic E-state index is 13.0. The highest BCUT2D eigenvalue weighted by Gasteiger charge is 2.46. The van der Waals surface area contributed by atoms with E-state index in [-0.39, 0.29) is 29.7 Å². The molecule has 0 spiro atoms. The van der Waals surface area contributed by atoms with Gasteiger partial charge in [0.2, 0.25) is 0 Å². The lowest BCUT2D eigenvalue weighted by atomic mass is 9.68. The summed E-state index contributed by atoms with van der Waals surface area (Å²) in [6.07, 6.45) is 1.23. The van der Waals surface area contributed by atoms with Crippen LogP contribution in [-0.4, -0.2) is 37.8 Å². The van der Waals surface area contributed by atoms with E-state index in [1.807, 2.05) is 24.4 Å². The Hall–Kier alpha value is -1.79. The molecule has 0 saturated carbocycles. The number of Topliss-reactive ketones (excluding diaryl/α,β-unsaturated/α-hetero) is 1. The first-order valence-electron chi connectivity index (χ1n) is 8.84. The highest BCUT2D eigenvalue weighted by atomic mass is 32.1.